The zero-order valence-corrected chi connectivity index (χ0v) is 16.4. The third kappa shape index (κ3) is 4.00. The number of thioether (sulfide) groups is 1. The third-order valence-electron chi connectivity index (χ3n) is 5.09. The molecule has 0 aromatic carbocycles. The number of carbonyl (C=O) groups is 1. The van der Waals surface area contributed by atoms with Gasteiger partial charge in [-0.3, -0.25) is 4.79 Å². The maximum absolute atomic E-state index is 12.6. The third-order valence-corrected chi connectivity index (χ3v) is 7.01. The number of hydrogen-bond acceptors (Lipinski definition) is 6. The van der Waals surface area contributed by atoms with Crippen LogP contribution in [0, 0.1) is 11.8 Å². The predicted octanol–water partition coefficient (Wildman–Crippen LogP) is 3.14. The van der Waals surface area contributed by atoms with E-state index in [0.717, 1.165) is 11.3 Å². The Morgan fingerprint density at radius 3 is 2.96 bits per heavy atom. The minimum atomic E-state index is -0.271. The Labute approximate surface area is 156 Å². The van der Waals surface area contributed by atoms with Crippen LogP contribution >= 0.6 is 23.1 Å². The van der Waals surface area contributed by atoms with E-state index in [1.807, 2.05) is 24.4 Å². The van der Waals surface area contributed by atoms with Gasteiger partial charge in [0.25, 0.3) is 0 Å². The van der Waals surface area contributed by atoms with Gasteiger partial charge in [0, 0.05) is 6.04 Å². The number of nitrogen functional groups attached to an aromatic ring is 1. The Bertz CT molecular complexity index is 715. The van der Waals surface area contributed by atoms with Crippen LogP contribution in [-0.2, 0) is 4.79 Å². The van der Waals surface area contributed by atoms with Gasteiger partial charge in [-0.2, -0.15) is 0 Å². The molecule has 0 spiro atoms. The summed E-state index contributed by atoms with van der Waals surface area (Å²) in [5.41, 5.74) is 0. The molecular formula is C17H25N5OS2. The maximum Gasteiger partial charge on any atom is 0.233 e. The van der Waals surface area contributed by atoms with Crippen molar-refractivity contribution in [3.63, 3.8) is 0 Å². The number of nitrogens with zero attached hydrogens (tertiary/aromatic N) is 3. The Morgan fingerprint density at radius 2 is 2.24 bits per heavy atom. The molecule has 1 aliphatic carbocycles. The smallest absolute Gasteiger partial charge is 0.233 e. The molecular weight excluding hydrogens is 354 g/mol. The molecule has 136 valence electrons. The summed E-state index contributed by atoms with van der Waals surface area (Å²) in [4.78, 5) is 13.5. The van der Waals surface area contributed by atoms with E-state index in [0.29, 0.717) is 22.8 Å². The molecule has 2 aromatic heterocycles. The molecule has 0 bridgehead atoms. The molecule has 3 N–H and O–H groups in total. The van der Waals surface area contributed by atoms with E-state index in [1.54, 1.807) is 11.3 Å². The highest BCUT2D eigenvalue weighted by atomic mass is 32.2. The molecule has 1 fully saturated rings. The van der Waals surface area contributed by atoms with E-state index in [4.69, 9.17) is 5.84 Å². The Kier molecular flexibility index (Phi) is 5.68. The molecule has 2 aromatic rings. The molecule has 8 heteroatoms. The van der Waals surface area contributed by atoms with E-state index >= 15 is 0 Å². The fourth-order valence-corrected chi connectivity index (χ4v) is 4.71. The van der Waals surface area contributed by atoms with Gasteiger partial charge >= 0.3 is 0 Å². The highest BCUT2D eigenvalue weighted by Crippen LogP contribution is 2.31. The standard InChI is InChI=1S/C17H25N5OS2/c1-10-6-4-7-13(11(10)2)19-16(23)12(3)25-17-21-20-15(22(17)18)14-8-5-9-24-14/h5,8-13H,4,6-7,18H2,1-3H3,(H,19,23)/t10-,11+,12+,13+/m1/s1. The normalized spacial score (nSPS) is 24.8. The summed E-state index contributed by atoms with van der Waals surface area (Å²) in [6, 6.07) is 4.16. The van der Waals surface area contributed by atoms with Crippen molar-refractivity contribution in [3.8, 4) is 10.7 Å². The van der Waals surface area contributed by atoms with Crippen LogP contribution in [0.4, 0.5) is 0 Å². The Balaban J connectivity index is 1.62. The van der Waals surface area contributed by atoms with Crippen LogP contribution in [-0.4, -0.2) is 32.1 Å². The quantitative estimate of drug-likeness (QED) is 0.616. The molecule has 6 nitrogen and oxygen atoms in total. The first-order valence-corrected chi connectivity index (χ1v) is 10.4. The van der Waals surface area contributed by atoms with Crippen molar-refractivity contribution in [1.29, 1.82) is 0 Å². The van der Waals surface area contributed by atoms with Gasteiger partial charge in [-0.15, -0.1) is 21.5 Å². The maximum atomic E-state index is 12.6. The lowest BCUT2D eigenvalue weighted by Crippen LogP contribution is -2.46. The first-order chi connectivity index (χ1) is 12.0. The monoisotopic (exact) mass is 379 g/mol. The summed E-state index contributed by atoms with van der Waals surface area (Å²) in [5, 5.41) is 13.8. The molecule has 0 saturated heterocycles. The summed E-state index contributed by atoms with van der Waals surface area (Å²) in [7, 11) is 0. The van der Waals surface area contributed by atoms with E-state index < -0.39 is 0 Å². The number of aromatic nitrogens is 3. The van der Waals surface area contributed by atoms with Gasteiger partial charge in [0.2, 0.25) is 11.1 Å². The number of amides is 1. The predicted molar refractivity (Wildman–Crippen MR) is 103 cm³/mol. The summed E-state index contributed by atoms with van der Waals surface area (Å²) in [6.07, 6.45) is 3.49. The first kappa shape index (κ1) is 18.3. The second-order valence-corrected chi connectivity index (χ2v) is 9.05. The van der Waals surface area contributed by atoms with Crippen LogP contribution in [0.5, 0.6) is 0 Å². The average molecular weight is 380 g/mol. The largest absolute Gasteiger partial charge is 0.352 e. The molecule has 4 atom stereocenters. The lowest BCUT2D eigenvalue weighted by Gasteiger charge is -2.35. The zero-order valence-electron chi connectivity index (χ0n) is 14.8. The summed E-state index contributed by atoms with van der Waals surface area (Å²) < 4.78 is 1.46. The van der Waals surface area contributed by atoms with Gasteiger partial charge in [0.1, 0.15) is 0 Å². The second-order valence-electron chi connectivity index (χ2n) is 6.80. The molecule has 3 rings (SSSR count). The van der Waals surface area contributed by atoms with E-state index in [-0.39, 0.29) is 17.2 Å². The van der Waals surface area contributed by atoms with Crippen LogP contribution in [0.25, 0.3) is 10.7 Å². The van der Waals surface area contributed by atoms with Crippen LogP contribution in [0.3, 0.4) is 0 Å². The van der Waals surface area contributed by atoms with Crippen molar-refractivity contribution >= 4 is 29.0 Å². The van der Waals surface area contributed by atoms with Crippen molar-refractivity contribution in [1.82, 2.24) is 20.2 Å². The molecule has 0 unspecified atom stereocenters. The SMILES string of the molecule is C[C@H]1[C@H](C)CCC[C@@H]1NC(=O)[C@H](C)Sc1nnc(-c2cccs2)n1N. The van der Waals surface area contributed by atoms with Crippen LogP contribution in [0.2, 0.25) is 0 Å². The van der Waals surface area contributed by atoms with Crippen molar-refractivity contribution in [2.75, 3.05) is 5.84 Å². The number of rotatable bonds is 5. The van der Waals surface area contributed by atoms with Gasteiger partial charge in [0.05, 0.1) is 10.1 Å². The van der Waals surface area contributed by atoms with Crippen molar-refractivity contribution in [2.45, 2.75) is 56.5 Å². The highest BCUT2D eigenvalue weighted by Gasteiger charge is 2.30. The van der Waals surface area contributed by atoms with E-state index in [1.165, 1.54) is 29.3 Å². The fraction of sp³-hybridized carbons (Fsp3) is 0.588. The number of thiophene rings is 1. The summed E-state index contributed by atoms with van der Waals surface area (Å²) >= 11 is 2.90. The van der Waals surface area contributed by atoms with Crippen LogP contribution in [0.1, 0.15) is 40.0 Å². The van der Waals surface area contributed by atoms with Gasteiger partial charge in [-0.25, -0.2) is 4.68 Å². The molecule has 1 saturated carbocycles. The Morgan fingerprint density at radius 1 is 1.44 bits per heavy atom. The van der Waals surface area contributed by atoms with Gasteiger partial charge in [-0.05, 0) is 36.6 Å². The van der Waals surface area contributed by atoms with Crippen molar-refractivity contribution < 1.29 is 4.79 Å². The van der Waals surface area contributed by atoms with Gasteiger partial charge < -0.3 is 11.2 Å². The number of nitrogens with two attached hydrogens (primary N) is 1. The number of hydrogen-bond donors (Lipinski definition) is 2. The topological polar surface area (TPSA) is 85.8 Å². The molecule has 0 radical (unpaired) electrons. The van der Waals surface area contributed by atoms with Gasteiger partial charge in [-0.1, -0.05) is 44.5 Å². The minimum Gasteiger partial charge on any atom is -0.352 e. The molecule has 1 aliphatic rings. The summed E-state index contributed by atoms with van der Waals surface area (Å²) in [6.45, 7) is 6.39. The van der Waals surface area contributed by atoms with E-state index in [2.05, 4.69) is 29.4 Å². The first-order valence-electron chi connectivity index (χ1n) is 8.68. The molecule has 25 heavy (non-hydrogen) atoms. The lowest BCUT2D eigenvalue weighted by atomic mass is 9.78. The number of nitrogens with one attached hydrogen (secondary N) is 1. The van der Waals surface area contributed by atoms with Crippen LogP contribution in [0.15, 0.2) is 22.7 Å². The van der Waals surface area contributed by atoms with Crippen molar-refractivity contribution in [3.05, 3.63) is 17.5 Å². The highest BCUT2D eigenvalue weighted by molar-refractivity contribution is 8.00. The van der Waals surface area contributed by atoms with E-state index in [9.17, 15) is 4.79 Å². The average Bonchev–Trinajstić information content (AvgIpc) is 3.22. The second kappa shape index (κ2) is 7.78. The Hall–Kier alpha value is -1.54. The van der Waals surface area contributed by atoms with Crippen molar-refractivity contribution in [2.24, 2.45) is 11.8 Å². The lowest BCUT2D eigenvalue weighted by molar-refractivity contribution is -0.121. The fourth-order valence-electron chi connectivity index (χ4n) is 3.23. The minimum absolute atomic E-state index is 0.0385. The van der Waals surface area contributed by atoms with Gasteiger partial charge in [0.15, 0.2) is 5.82 Å². The molecule has 0 aliphatic heterocycles. The number of carbonyl (C=O) groups excluding carboxylic acids is 1. The molecule has 2 heterocycles. The summed E-state index contributed by atoms with van der Waals surface area (Å²) in [5.74, 6) is 7.94. The molecule has 1 amide bonds. The zero-order chi connectivity index (χ0) is 18.0. The van der Waals surface area contributed by atoms with Crippen LogP contribution < -0.4 is 11.2 Å².